The van der Waals surface area contributed by atoms with E-state index in [1.54, 1.807) is 0 Å². The Morgan fingerprint density at radius 1 is 0.977 bits per heavy atom. The average molecular weight is 607 g/mol. The summed E-state index contributed by atoms with van der Waals surface area (Å²) in [4.78, 5) is 14.0. The molecule has 1 aromatic rings. The molecule has 2 N–H and O–H groups in total. The predicted molar refractivity (Wildman–Crippen MR) is 168 cm³/mol. The normalized spacial score (nSPS) is 46.2. The fourth-order valence-electron chi connectivity index (χ4n) is 10.8. The van der Waals surface area contributed by atoms with Crippen LogP contribution in [-0.4, -0.2) is 64.0 Å². The largest absolute Gasteiger partial charge is 0.494 e. The molecule has 240 valence electrons. The van der Waals surface area contributed by atoms with Gasteiger partial charge >= 0.3 is 7.12 Å². The number of carbonyl (C=O) groups is 1. The number of ketones is 1. The highest BCUT2D eigenvalue weighted by Gasteiger charge is 2.71. The number of hydrogen-bond acceptors (Lipinski definition) is 7. The summed E-state index contributed by atoms with van der Waals surface area (Å²) >= 11 is 0. The van der Waals surface area contributed by atoms with E-state index < -0.39 is 35.1 Å². The number of allylic oxidation sites excluding steroid dienone is 1. The van der Waals surface area contributed by atoms with Gasteiger partial charge in [-0.2, -0.15) is 0 Å². The fraction of sp³-hybridized carbons (Fsp3) is 0.750. The molecule has 44 heavy (non-hydrogen) atoms. The average Bonchev–Trinajstić information content (AvgIpc) is 3.53. The van der Waals surface area contributed by atoms with Crippen LogP contribution >= 0.6 is 0 Å². The van der Waals surface area contributed by atoms with Crippen molar-refractivity contribution in [2.24, 2.45) is 28.6 Å². The van der Waals surface area contributed by atoms with Gasteiger partial charge in [-0.3, -0.25) is 4.79 Å². The molecular formula is C36H51BO7. The number of benzene rings is 1. The molecule has 0 radical (unpaired) electrons. The Bertz CT molecular complexity index is 1340. The summed E-state index contributed by atoms with van der Waals surface area (Å²) in [6.45, 7) is 14.3. The minimum absolute atomic E-state index is 0.00565. The first-order valence-corrected chi connectivity index (χ1v) is 16.9. The molecule has 4 aliphatic carbocycles. The molecule has 10 atom stereocenters. The Balaban J connectivity index is 1.22. The van der Waals surface area contributed by atoms with Crippen LogP contribution in [0.5, 0.6) is 0 Å². The third kappa shape index (κ3) is 4.56. The standard InChI is InChI=1S/C36H51BO7/c1-31(2,39)16-15-30-35(7,44-37(43-30)22-11-9-8-10-12-22)29-14-18-36(40)24-19-26(38)25-20-27-28(42-32(3,4)41-27)21-33(25,5)23(24)13-17-34(29,36)6/h8-12,19,23,25,27-30,39-40H,13-18,20-21H2,1-7H3/t23?,25-,27+,28-,29-,30+,33+,34+,35+,36+/m0/s1. The van der Waals surface area contributed by atoms with Gasteiger partial charge in [0.2, 0.25) is 0 Å². The molecule has 0 amide bonds. The van der Waals surface area contributed by atoms with Crippen LogP contribution in [0.1, 0.15) is 99.8 Å². The van der Waals surface area contributed by atoms with Crippen LogP contribution in [-0.2, 0) is 23.6 Å². The molecule has 7 nitrogen and oxygen atoms in total. The van der Waals surface area contributed by atoms with Crippen LogP contribution in [0.25, 0.3) is 0 Å². The first kappa shape index (κ1) is 31.1. The SMILES string of the molecule is CC(C)(O)CC[C@H]1OB(c2ccccc2)O[C@]1(C)[C@H]1CC[C@@]2(O)C3=CC(=O)[C@@H]4C[C@H]5OC(C)(C)O[C@H]5C[C@]4(C)C3CC[C@]12C. The molecule has 8 heteroatoms. The lowest BCUT2D eigenvalue weighted by Crippen LogP contribution is -2.62. The van der Waals surface area contributed by atoms with Crippen LogP contribution in [0, 0.1) is 28.6 Å². The number of aliphatic hydroxyl groups is 2. The van der Waals surface area contributed by atoms with Gasteiger partial charge < -0.3 is 29.0 Å². The highest BCUT2D eigenvalue weighted by atomic mass is 16.8. The van der Waals surface area contributed by atoms with Crippen molar-refractivity contribution >= 4 is 18.4 Å². The van der Waals surface area contributed by atoms with Crippen molar-refractivity contribution in [2.45, 2.75) is 141 Å². The molecule has 0 bridgehead atoms. The Hall–Kier alpha value is -1.55. The summed E-state index contributed by atoms with van der Waals surface area (Å²) < 4.78 is 26.2. The topological polar surface area (TPSA) is 94.5 Å². The zero-order valence-corrected chi connectivity index (χ0v) is 27.6. The van der Waals surface area contributed by atoms with E-state index >= 15 is 0 Å². The molecule has 2 aliphatic heterocycles. The molecule has 6 aliphatic rings. The van der Waals surface area contributed by atoms with E-state index in [1.807, 2.05) is 64.1 Å². The first-order chi connectivity index (χ1) is 20.5. The van der Waals surface area contributed by atoms with Crippen LogP contribution in [0.15, 0.2) is 42.0 Å². The summed E-state index contributed by atoms with van der Waals surface area (Å²) in [5, 5.41) is 23.6. The Labute approximate surface area is 263 Å². The molecule has 2 heterocycles. The molecule has 0 spiro atoms. The zero-order valence-electron chi connectivity index (χ0n) is 27.6. The van der Waals surface area contributed by atoms with Gasteiger partial charge in [-0.15, -0.1) is 0 Å². The molecule has 5 fully saturated rings. The number of hydrogen-bond donors (Lipinski definition) is 2. The van der Waals surface area contributed by atoms with Gasteiger partial charge in [0.25, 0.3) is 0 Å². The molecule has 7 rings (SSSR count). The second-order valence-corrected chi connectivity index (χ2v) is 16.7. The third-order valence-electron chi connectivity index (χ3n) is 13.0. The van der Waals surface area contributed by atoms with Gasteiger partial charge in [0.15, 0.2) is 11.6 Å². The number of rotatable bonds is 5. The lowest BCUT2D eigenvalue weighted by Gasteiger charge is -2.60. The van der Waals surface area contributed by atoms with E-state index in [9.17, 15) is 15.0 Å². The maximum absolute atomic E-state index is 14.0. The number of carbonyl (C=O) groups excluding carboxylic acids is 1. The van der Waals surface area contributed by atoms with Crippen molar-refractivity contribution in [3.8, 4) is 0 Å². The number of ether oxygens (including phenoxy) is 2. The molecule has 0 aromatic heterocycles. The molecule has 3 saturated carbocycles. The quantitative estimate of drug-likeness (QED) is 0.450. The smallest absolute Gasteiger partial charge is 0.402 e. The lowest BCUT2D eigenvalue weighted by atomic mass is 9.45. The fourth-order valence-corrected chi connectivity index (χ4v) is 10.8. The molecular weight excluding hydrogens is 555 g/mol. The summed E-state index contributed by atoms with van der Waals surface area (Å²) in [5.41, 5.74) is -1.48. The maximum Gasteiger partial charge on any atom is 0.494 e. The van der Waals surface area contributed by atoms with Crippen LogP contribution < -0.4 is 5.46 Å². The molecule has 1 unspecified atom stereocenters. The minimum atomic E-state index is -1.11. The van der Waals surface area contributed by atoms with E-state index in [4.69, 9.17) is 18.8 Å². The van der Waals surface area contributed by atoms with Crippen molar-refractivity contribution in [2.75, 3.05) is 0 Å². The molecule has 1 aromatic carbocycles. The second-order valence-electron chi connectivity index (χ2n) is 16.7. The van der Waals surface area contributed by atoms with Gasteiger partial charge in [-0.1, -0.05) is 44.2 Å². The van der Waals surface area contributed by atoms with E-state index in [0.29, 0.717) is 25.7 Å². The van der Waals surface area contributed by atoms with Crippen LogP contribution in [0.3, 0.4) is 0 Å². The summed E-state index contributed by atoms with van der Waals surface area (Å²) in [6.07, 6.45) is 7.30. The highest BCUT2D eigenvalue weighted by Crippen LogP contribution is 2.70. The maximum atomic E-state index is 14.0. The Morgan fingerprint density at radius 2 is 1.68 bits per heavy atom. The van der Waals surface area contributed by atoms with Gasteiger partial charge in [0, 0.05) is 11.3 Å². The third-order valence-corrected chi connectivity index (χ3v) is 13.0. The van der Waals surface area contributed by atoms with E-state index in [1.165, 1.54) is 0 Å². The number of fused-ring (bicyclic) bond motifs is 6. The highest BCUT2D eigenvalue weighted by molar-refractivity contribution is 6.62. The van der Waals surface area contributed by atoms with Crippen molar-refractivity contribution in [3.05, 3.63) is 42.0 Å². The van der Waals surface area contributed by atoms with Crippen molar-refractivity contribution in [1.82, 2.24) is 0 Å². The molecule has 2 saturated heterocycles. The van der Waals surface area contributed by atoms with Gasteiger partial charge in [0.1, 0.15) is 0 Å². The predicted octanol–water partition coefficient (Wildman–Crippen LogP) is 5.11. The van der Waals surface area contributed by atoms with Crippen molar-refractivity contribution in [3.63, 3.8) is 0 Å². The minimum Gasteiger partial charge on any atom is -0.402 e. The summed E-state index contributed by atoms with van der Waals surface area (Å²) in [6, 6.07) is 10.1. The van der Waals surface area contributed by atoms with E-state index in [-0.39, 0.29) is 47.3 Å². The van der Waals surface area contributed by atoms with Gasteiger partial charge in [-0.25, -0.2) is 0 Å². The van der Waals surface area contributed by atoms with Crippen LogP contribution in [0.2, 0.25) is 0 Å². The van der Waals surface area contributed by atoms with Crippen LogP contribution in [0.4, 0.5) is 0 Å². The summed E-state index contributed by atoms with van der Waals surface area (Å²) in [5.74, 6) is -0.510. The van der Waals surface area contributed by atoms with E-state index in [2.05, 4.69) is 20.8 Å². The summed E-state index contributed by atoms with van der Waals surface area (Å²) in [7, 11) is -0.509. The van der Waals surface area contributed by atoms with Crippen molar-refractivity contribution < 1.29 is 33.8 Å². The monoisotopic (exact) mass is 606 g/mol. The zero-order chi connectivity index (χ0) is 31.5. The lowest BCUT2D eigenvalue weighted by molar-refractivity contribution is -0.153. The van der Waals surface area contributed by atoms with Crippen molar-refractivity contribution in [1.29, 1.82) is 0 Å². The van der Waals surface area contributed by atoms with Gasteiger partial charge in [-0.05, 0) is 120 Å². The van der Waals surface area contributed by atoms with E-state index in [0.717, 1.165) is 36.7 Å². The Morgan fingerprint density at radius 3 is 2.39 bits per heavy atom. The first-order valence-electron chi connectivity index (χ1n) is 16.9. The van der Waals surface area contributed by atoms with Gasteiger partial charge in [0.05, 0.1) is 35.1 Å². The Kier molecular flexibility index (Phi) is 7.05. The second kappa shape index (κ2) is 9.98.